The number of carboxylic acids is 1. The first-order valence-electron chi connectivity index (χ1n) is 12.4. The summed E-state index contributed by atoms with van der Waals surface area (Å²) in [6.07, 6.45) is 0.427. The average molecular weight is 583 g/mol. The lowest BCUT2D eigenvalue weighted by Crippen LogP contribution is -2.61. The molecule has 0 aliphatic carbocycles. The number of carboxylic acid groups (broad SMARTS) is 1. The van der Waals surface area contributed by atoms with Crippen LogP contribution in [0.3, 0.4) is 0 Å². The van der Waals surface area contributed by atoms with Crippen LogP contribution < -0.4 is 21.4 Å². The van der Waals surface area contributed by atoms with Crippen molar-refractivity contribution < 1.29 is 54.6 Å². The molecular weight excluding hydrogens is 549 g/mol. The fourth-order valence-electron chi connectivity index (χ4n) is 3.49. The van der Waals surface area contributed by atoms with E-state index in [4.69, 9.17) is 5.11 Å². The SMILES string of the molecule is C=N[C@@H](CCCCNC(=O)CC[C@H](NC(=O)c1cc(B(O)O)cc([N+](=O)[O-])c1)C(=O)NC(CO)(CO)CO)C(=O)O. The van der Waals surface area contributed by atoms with Gasteiger partial charge in [0.25, 0.3) is 11.6 Å². The lowest BCUT2D eigenvalue weighted by atomic mass is 9.79. The smallest absolute Gasteiger partial charge is 0.480 e. The fourth-order valence-corrected chi connectivity index (χ4v) is 3.49. The number of aliphatic imine (C=N–C) groups is 1. The molecule has 0 unspecified atom stereocenters. The summed E-state index contributed by atoms with van der Waals surface area (Å²) in [6.45, 7) is 0.758. The van der Waals surface area contributed by atoms with Crippen LogP contribution in [0.5, 0.6) is 0 Å². The summed E-state index contributed by atoms with van der Waals surface area (Å²) < 4.78 is 0. The van der Waals surface area contributed by atoms with Gasteiger partial charge in [-0.15, -0.1) is 0 Å². The number of non-ortho nitro benzene ring substituents is 1. The molecule has 0 fully saturated rings. The summed E-state index contributed by atoms with van der Waals surface area (Å²) in [6, 6.07) is 0.155. The fraction of sp³-hybridized carbons (Fsp3) is 0.522. The number of nitro groups is 1. The number of nitrogens with one attached hydrogen (secondary N) is 3. The van der Waals surface area contributed by atoms with Crippen molar-refractivity contribution in [2.45, 2.75) is 49.7 Å². The molecule has 9 N–H and O–H groups in total. The molecule has 0 heterocycles. The second-order valence-electron chi connectivity index (χ2n) is 9.13. The number of rotatable bonds is 19. The van der Waals surface area contributed by atoms with E-state index in [9.17, 15) is 54.7 Å². The van der Waals surface area contributed by atoms with E-state index in [2.05, 4.69) is 27.7 Å². The molecule has 0 aliphatic rings. The largest absolute Gasteiger partial charge is 0.488 e. The van der Waals surface area contributed by atoms with Crippen LogP contribution in [0.2, 0.25) is 0 Å². The average Bonchev–Trinajstić information content (AvgIpc) is 2.94. The normalized spacial score (nSPS) is 12.5. The van der Waals surface area contributed by atoms with Crippen molar-refractivity contribution in [1.82, 2.24) is 16.0 Å². The van der Waals surface area contributed by atoms with Crippen LogP contribution in [0, 0.1) is 10.1 Å². The van der Waals surface area contributed by atoms with E-state index in [-0.39, 0.29) is 31.3 Å². The summed E-state index contributed by atoms with van der Waals surface area (Å²) in [5, 5.41) is 74.7. The molecule has 226 valence electrons. The number of benzene rings is 1. The standard InChI is InChI=1S/C23H34BN5O12/c1-25-18(22(36)37)4-2-3-7-26-19(33)6-5-17(21(35)28-23(11-30,12-31)13-32)27-20(34)14-8-15(24(38)39)10-16(9-14)29(40)41/h8-10,17-18,30-32,38-39H,1-7,11-13H2,(H,26,33)(H,27,34)(H,28,35)(H,36,37)/t17-,18-/m0/s1. The number of amides is 3. The highest BCUT2D eigenvalue weighted by Crippen LogP contribution is 2.14. The molecule has 1 aromatic carbocycles. The third-order valence-corrected chi connectivity index (χ3v) is 6.02. The van der Waals surface area contributed by atoms with Crippen LogP contribution in [0.1, 0.15) is 42.5 Å². The molecule has 0 aromatic heterocycles. The van der Waals surface area contributed by atoms with E-state index in [1.165, 1.54) is 0 Å². The predicted molar refractivity (Wildman–Crippen MR) is 143 cm³/mol. The Balaban J connectivity index is 2.99. The van der Waals surface area contributed by atoms with Crippen molar-refractivity contribution in [3.05, 3.63) is 33.9 Å². The van der Waals surface area contributed by atoms with Crippen LogP contribution in [0.4, 0.5) is 5.69 Å². The molecule has 0 saturated carbocycles. The van der Waals surface area contributed by atoms with Crippen molar-refractivity contribution >= 4 is 48.7 Å². The molecule has 41 heavy (non-hydrogen) atoms. The molecule has 3 amide bonds. The van der Waals surface area contributed by atoms with E-state index < -0.39 is 84.4 Å². The molecule has 18 heteroatoms. The molecule has 0 spiro atoms. The molecule has 0 radical (unpaired) electrons. The van der Waals surface area contributed by atoms with Gasteiger partial charge in [-0.2, -0.15) is 0 Å². The lowest BCUT2D eigenvalue weighted by molar-refractivity contribution is -0.384. The molecule has 17 nitrogen and oxygen atoms in total. The molecule has 1 aromatic rings. The summed E-state index contributed by atoms with van der Waals surface area (Å²) in [5.41, 5.74) is -3.28. The molecule has 2 atom stereocenters. The van der Waals surface area contributed by atoms with Crippen molar-refractivity contribution in [2.75, 3.05) is 26.4 Å². The Kier molecular flexibility index (Phi) is 14.5. The van der Waals surface area contributed by atoms with E-state index in [1.807, 2.05) is 0 Å². The van der Waals surface area contributed by atoms with Gasteiger partial charge in [-0.3, -0.25) is 29.5 Å². The highest BCUT2D eigenvalue weighted by molar-refractivity contribution is 6.58. The van der Waals surface area contributed by atoms with E-state index in [1.54, 1.807) is 0 Å². The minimum Gasteiger partial charge on any atom is -0.480 e. The summed E-state index contributed by atoms with van der Waals surface area (Å²) in [7, 11) is -2.15. The van der Waals surface area contributed by atoms with Gasteiger partial charge in [0.05, 0.1) is 24.7 Å². The van der Waals surface area contributed by atoms with Crippen molar-refractivity contribution in [1.29, 1.82) is 0 Å². The first-order valence-corrected chi connectivity index (χ1v) is 12.4. The molecule has 1 rings (SSSR count). The van der Waals surface area contributed by atoms with Crippen LogP contribution in [-0.4, -0.2) is 117 Å². The monoisotopic (exact) mass is 583 g/mol. The maximum Gasteiger partial charge on any atom is 0.488 e. The second-order valence-corrected chi connectivity index (χ2v) is 9.13. The Morgan fingerprint density at radius 2 is 1.68 bits per heavy atom. The van der Waals surface area contributed by atoms with Gasteiger partial charge in [-0.1, -0.05) is 0 Å². The van der Waals surface area contributed by atoms with Gasteiger partial charge in [0.15, 0.2) is 0 Å². The molecule has 0 bridgehead atoms. The Labute approximate surface area is 234 Å². The highest BCUT2D eigenvalue weighted by Gasteiger charge is 2.34. The zero-order valence-corrected chi connectivity index (χ0v) is 22.1. The van der Waals surface area contributed by atoms with Gasteiger partial charge in [-0.25, -0.2) is 4.79 Å². The quantitative estimate of drug-likeness (QED) is 0.0251. The number of nitrogens with zero attached hydrogens (tertiary/aromatic N) is 2. The van der Waals surface area contributed by atoms with Gasteiger partial charge in [-0.05, 0) is 43.9 Å². The number of nitro benzene ring substituents is 1. The Morgan fingerprint density at radius 1 is 1.05 bits per heavy atom. The summed E-state index contributed by atoms with van der Waals surface area (Å²) >= 11 is 0. The summed E-state index contributed by atoms with van der Waals surface area (Å²) in [4.78, 5) is 63.0. The Morgan fingerprint density at radius 3 is 2.20 bits per heavy atom. The number of hydrogen-bond donors (Lipinski definition) is 9. The number of carbonyl (C=O) groups is 4. The zero-order chi connectivity index (χ0) is 31.2. The first kappa shape index (κ1) is 35.1. The van der Waals surface area contributed by atoms with E-state index >= 15 is 0 Å². The minimum atomic E-state index is -2.15. The topological polar surface area (TPSA) is 281 Å². The van der Waals surface area contributed by atoms with Gasteiger partial charge in [0, 0.05) is 30.7 Å². The Hall–Kier alpha value is -3.97. The first-order chi connectivity index (χ1) is 19.3. The predicted octanol–water partition coefficient (Wildman–Crippen LogP) is -3.57. The number of carbonyl (C=O) groups excluding carboxylic acids is 3. The molecule has 0 aliphatic heterocycles. The van der Waals surface area contributed by atoms with Crippen molar-refractivity contribution in [3.63, 3.8) is 0 Å². The number of aliphatic hydroxyl groups is 3. The van der Waals surface area contributed by atoms with Gasteiger partial charge >= 0.3 is 13.1 Å². The zero-order valence-electron chi connectivity index (χ0n) is 22.1. The highest BCUT2D eigenvalue weighted by atomic mass is 16.6. The number of aliphatic hydroxyl groups excluding tert-OH is 3. The number of aliphatic carboxylic acids is 1. The van der Waals surface area contributed by atoms with Crippen LogP contribution >= 0.6 is 0 Å². The molecule has 0 saturated heterocycles. The van der Waals surface area contributed by atoms with Crippen molar-refractivity contribution in [3.8, 4) is 0 Å². The van der Waals surface area contributed by atoms with Crippen molar-refractivity contribution in [2.24, 2.45) is 4.99 Å². The maximum atomic E-state index is 13.0. The molecular formula is C23H34BN5O12. The maximum absolute atomic E-state index is 13.0. The van der Waals surface area contributed by atoms with Crippen LogP contribution in [-0.2, 0) is 14.4 Å². The van der Waals surface area contributed by atoms with Gasteiger partial charge in [0.1, 0.15) is 17.6 Å². The third-order valence-electron chi connectivity index (χ3n) is 6.02. The lowest BCUT2D eigenvalue weighted by Gasteiger charge is -2.31. The Bertz CT molecular complexity index is 1090. The van der Waals surface area contributed by atoms with Gasteiger partial charge < -0.3 is 46.4 Å². The van der Waals surface area contributed by atoms with E-state index in [0.717, 1.165) is 18.2 Å². The second kappa shape index (κ2) is 17.0. The van der Waals surface area contributed by atoms with Gasteiger partial charge in [0.2, 0.25) is 11.8 Å². The van der Waals surface area contributed by atoms with Crippen LogP contribution in [0.25, 0.3) is 0 Å². The summed E-state index contributed by atoms with van der Waals surface area (Å²) in [5.74, 6) is -3.71. The van der Waals surface area contributed by atoms with Crippen LogP contribution in [0.15, 0.2) is 23.2 Å². The number of hydrogen-bond acceptors (Lipinski definition) is 12. The minimum absolute atomic E-state index is 0.175. The third kappa shape index (κ3) is 11.2. The number of unbranched alkanes of at least 4 members (excludes halogenated alkanes) is 1. The van der Waals surface area contributed by atoms with E-state index in [0.29, 0.717) is 12.8 Å².